The van der Waals surface area contributed by atoms with Gasteiger partial charge in [0, 0.05) is 6.54 Å². The van der Waals surface area contributed by atoms with Gasteiger partial charge >= 0.3 is 5.97 Å². The SMILES string of the molecule is COC(=O)c1ccc(CNC(=O)[C@@H]2CC[C@H](CN)O2)o1.Cl. The van der Waals surface area contributed by atoms with Gasteiger partial charge in [-0.05, 0) is 25.0 Å². The van der Waals surface area contributed by atoms with Gasteiger partial charge in [-0.3, -0.25) is 4.79 Å². The Morgan fingerprint density at radius 2 is 2.19 bits per heavy atom. The molecule has 0 unspecified atom stereocenters. The number of nitrogens with two attached hydrogens (primary N) is 1. The zero-order valence-electron chi connectivity index (χ0n) is 11.7. The lowest BCUT2D eigenvalue weighted by Gasteiger charge is -2.11. The van der Waals surface area contributed by atoms with Crippen LogP contribution in [0.25, 0.3) is 0 Å². The third-order valence-electron chi connectivity index (χ3n) is 3.15. The molecule has 1 amide bonds. The van der Waals surface area contributed by atoms with Gasteiger partial charge in [-0.15, -0.1) is 12.4 Å². The zero-order chi connectivity index (χ0) is 14.5. The van der Waals surface area contributed by atoms with Crippen LogP contribution in [0, 0.1) is 0 Å². The molecule has 118 valence electrons. The second-order valence-corrected chi connectivity index (χ2v) is 4.54. The third kappa shape index (κ3) is 4.45. The molecule has 7 nitrogen and oxygen atoms in total. The molecule has 1 aromatic heterocycles. The Kier molecular flexibility index (Phi) is 6.67. The number of methoxy groups -OCH3 is 1. The van der Waals surface area contributed by atoms with Crippen molar-refractivity contribution in [2.24, 2.45) is 5.73 Å². The molecule has 1 aliphatic heterocycles. The van der Waals surface area contributed by atoms with Crippen molar-refractivity contribution in [2.45, 2.75) is 31.6 Å². The molecule has 21 heavy (non-hydrogen) atoms. The van der Waals surface area contributed by atoms with Gasteiger partial charge in [0.25, 0.3) is 0 Å². The number of carbonyl (C=O) groups is 2. The summed E-state index contributed by atoms with van der Waals surface area (Å²) >= 11 is 0. The summed E-state index contributed by atoms with van der Waals surface area (Å²) in [7, 11) is 1.28. The van der Waals surface area contributed by atoms with Gasteiger partial charge in [0.2, 0.25) is 11.7 Å². The summed E-state index contributed by atoms with van der Waals surface area (Å²) in [5.74, 6) is -0.159. The van der Waals surface area contributed by atoms with E-state index in [1.807, 2.05) is 0 Å². The van der Waals surface area contributed by atoms with Crippen molar-refractivity contribution in [1.82, 2.24) is 5.32 Å². The maximum atomic E-state index is 11.9. The third-order valence-corrected chi connectivity index (χ3v) is 3.15. The van der Waals surface area contributed by atoms with Crippen LogP contribution in [0.4, 0.5) is 0 Å². The van der Waals surface area contributed by atoms with E-state index in [1.54, 1.807) is 6.07 Å². The van der Waals surface area contributed by atoms with Crippen LogP contribution in [0.1, 0.15) is 29.2 Å². The summed E-state index contributed by atoms with van der Waals surface area (Å²) in [5.41, 5.74) is 5.49. The van der Waals surface area contributed by atoms with Crippen LogP contribution in [0.2, 0.25) is 0 Å². The van der Waals surface area contributed by atoms with Gasteiger partial charge in [0.15, 0.2) is 0 Å². The molecule has 0 bridgehead atoms. The molecular weight excluding hydrogens is 300 g/mol. The average Bonchev–Trinajstić information content (AvgIpc) is 3.12. The molecule has 0 aromatic carbocycles. The standard InChI is InChI=1S/C13H18N2O5.ClH/c1-18-13(17)11-5-3-9(20-11)7-15-12(16)10-4-2-8(6-14)19-10;/h3,5,8,10H,2,4,6-7,14H2,1H3,(H,15,16);1H/t8-,10+;/m1./s1. The maximum Gasteiger partial charge on any atom is 0.373 e. The van der Waals surface area contributed by atoms with Crippen LogP contribution < -0.4 is 11.1 Å². The van der Waals surface area contributed by atoms with E-state index in [9.17, 15) is 9.59 Å². The predicted molar refractivity (Wildman–Crippen MR) is 76.1 cm³/mol. The predicted octanol–water partition coefficient (Wildman–Crippen LogP) is 0.611. The zero-order valence-corrected chi connectivity index (χ0v) is 12.5. The molecule has 1 saturated heterocycles. The Hall–Kier alpha value is -1.57. The van der Waals surface area contributed by atoms with E-state index in [4.69, 9.17) is 14.9 Å². The van der Waals surface area contributed by atoms with Crippen molar-refractivity contribution in [1.29, 1.82) is 0 Å². The highest BCUT2D eigenvalue weighted by Crippen LogP contribution is 2.19. The molecule has 8 heteroatoms. The summed E-state index contributed by atoms with van der Waals surface area (Å²) in [6.07, 6.45) is 0.958. The first-order chi connectivity index (χ1) is 9.63. The lowest BCUT2D eigenvalue weighted by molar-refractivity contribution is -0.132. The Bertz CT molecular complexity index is 491. The number of halogens is 1. The number of ether oxygens (including phenoxy) is 2. The number of carbonyl (C=O) groups excluding carboxylic acids is 2. The largest absolute Gasteiger partial charge is 0.463 e. The fourth-order valence-electron chi connectivity index (χ4n) is 2.04. The Labute approximate surface area is 128 Å². The molecular formula is C13H19ClN2O5. The molecule has 3 N–H and O–H groups in total. The van der Waals surface area contributed by atoms with Crippen molar-refractivity contribution in [3.63, 3.8) is 0 Å². The molecule has 1 fully saturated rings. The first-order valence-electron chi connectivity index (χ1n) is 6.44. The van der Waals surface area contributed by atoms with Gasteiger partial charge < -0.3 is 24.9 Å². The fraction of sp³-hybridized carbons (Fsp3) is 0.538. The second-order valence-electron chi connectivity index (χ2n) is 4.54. The minimum absolute atomic E-state index is 0. The number of hydrogen-bond acceptors (Lipinski definition) is 6. The van der Waals surface area contributed by atoms with Gasteiger partial charge in [-0.2, -0.15) is 0 Å². The van der Waals surface area contributed by atoms with Crippen LogP contribution >= 0.6 is 12.4 Å². The molecule has 2 atom stereocenters. The van der Waals surface area contributed by atoms with E-state index in [0.717, 1.165) is 6.42 Å². The normalized spacial score (nSPS) is 20.7. The Morgan fingerprint density at radius 1 is 1.43 bits per heavy atom. The Balaban J connectivity index is 0.00000220. The number of rotatable bonds is 5. The minimum Gasteiger partial charge on any atom is -0.463 e. The topological polar surface area (TPSA) is 104 Å². The van der Waals surface area contributed by atoms with Gasteiger partial charge in [0.05, 0.1) is 19.8 Å². The van der Waals surface area contributed by atoms with Crippen molar-refractivity contribution in [3.05, 3.63) is 23.7 Å². The molecule has 2 rings (SSSR count). The van der Waals surface area contributed by atoms with E-state index < -0.39 is 12.1 Å². The van der Waals surface area contributed by atoms with Crippen LogP contribution in [-0.4, -0.2) is 37.7 Å². The van der Waals surface area contributed by atoms with E-state index in [-0.39, 0.29) is 36.7 Å². The molecule has 1 aromatic rings. The number of amides is 1. The first-order valence-corrected chi connectivity index (χ1v) is 6.44. The molecule has 0 spiro atoms. The number of esters is 1. The quantitative estimate of drug-likeness (QED) is 0.771. The molecule has 0 saturated carbocycles. The number of furan rings is 1. The van der Waals surface area contributed by atoms with Gasteiger partial charge in [0.1, 0.15) is 11.9 Å². The van der Waals surface area contributed by atoms with Crippen LogP contribution in [0.5, 0.6) is 0 Å². The molecule has 2 heterocycles. The number of nitrogens with one attached hydrogen (secondary N) is 1. The summed E-state index contributed by atoms with van der Waals surface area (Å²) in [6, 6.07) is 3.12. The lowest BCUT2D eigenvalue weighted by Crippen LogP contribution is -2.35. The van der Waals surface area contributed by atoms with Crippen LogP contribution in [-0.2, 0) is 20.8 Å². The second kappa shape index (κ2) is 8.02. The minimum atomic E-state index is -0.549. The van der Waals surface area contributed by atoms with Crippen molar-refractivity contribution in [3.8, 4) is 0 Å². The van der Waals surface area contributed by atoms with E-state index >= 15 is 0 Å². The Morgan fingerprint density at radius 3 is 2.81 bits per heavy atom. The van der Waals surface area contributed by atoms with Crippen LogP contribution in [0.15, 0.2) is 16.5 Å². The molecule has 0 aliphatic carbocycles. The number of hydrogen-bond donors (Lipinski definition) is 2. The van der Waals surface area contributed by atoms with E-state index in [1.165, 1.54) is 13.2 Å². The summed E-state index contributed by atoms with van der Waals surface area (Å²) < 4.78 is 15.3. The van der Waals surface area contributed by atoms with Gasteiger partial charge in [-0.25, -0.2) is 4.79 Å². The summed E-state index contributed by atoms with van der Waals surface area (Å²) in [6.45, 7) is 0.618. The highest BCUT2D eigenvalue weighted by molar-refractivity contribution is 5.86. The van der Waals surface area contributed by atoms with E-state index in [0.29, 0.717) is 18.7 Å². The summed E-state index contributed by atoms with van der Waals surface area (Å²) in [5, 5.41) is 2.71. The van der Waals surface area contributed by atoms with Gasteiger partial charge in [-0.1, -0.05) is 0 Å². The maximum absolute atomic E-state index is 11.9. The van der Waals surface area contributed by atoms with Crippen molar-refractivity contribution >= 4 is 24.3 Å². The lowest BCUT2D eigenvalue weighted by atomic mass is 10.2. The smallest absolute Gasteiger partial charge is 0.373 e. The monoisotopic (exact) mass is 318 g/mol. The molecule has 1 aliphatic rings. The average molecular weight is 319 g/mol. The van der Waals surface area contributed by atoms with Crippen molar-refractivity contribution < 1.29 is 23.5 Å². The first kappa shape index (κ1) is 17.5. The highest BCUT2D eigenvalue weighted by Gasteiger charge is 2.29. The van der Waals surface area contributed by atoms with Crippen LogP contribution in [0.3, 0.4) is 0 Å². The summed E-state index contributed by atoms with van der Waals surface area (Å²) in [4.78, 5) is 23.1. The van der Waals surface area contributed by atoms with E-state index in [2.05, 4.69) is 10.1 Å². The highest BCUT2D eigenvalue weighted by atomic mass is 35.5. The van der Waals surface area contributed by atoms with Crippen molar-refractivity contribution in [2.75, 3.05) is 13.7 Å². The fourth-order valence-corrected chi connectivity index (χ4v) is 2.04. The molecule has 0 radical (unpaired) electrons.